The van der Waals surface area contributed by atoms with Crippen molar-refractivity contribution in [3.8, 4) is 5.88 Å². The third-order valence-electron chi connectivity index (χ3n) is 2.06. The maximum Gasteiger partial charge on any atom is 0.232 e. The molecule has 78 valence electrons. The molecule has 0 N–H and O–H groups in total. The Hall–Kier alpha value is -0.830. The van der Waals surface area contributed by atoms with Gasteiger partial charge in [-0.2, -0.15) is 0 Å². The minimum Gasteiger partial charge on any atom is -0.473 e. The Kier molecular flexibility index (Phi) is 4.14. The lowest BCUT2D eigenvalue weighted by atomic mass is 10.1. The lowest BCUT2D eigenvalue weighted by molar-refractivity contribution is 0.162. The Morgan fingerprint density at radius 3 is 2.43 bits per heavy atom. The summed E-state index contributed by atoms with van der Waals surface area (Å²) in [6, 6.07) is 0. The summed E-state index contributed by atoms with van der Waals surface area (Å²) in [5.74, 6) is 1.40. The van der Waals surface area contributed by atoms with Crippen LogP contribution >= 0.6 is 11.6 Å². The summed E-state index contributed by atoms with van der Waals surface area (Å²) in [6.07, 6.45) is 3.39. The van der Waals surface area contributed by atoms with E-state index in [4.69, 9.17) is 16.3 Å². The first-order chi connectivity index (χ1) is 6.63. The molecule has 0 spiro atoms. The predicted octanol–water partition coefficient (Wildman–Crippen LogP) is 2.64. The molecule has 0 aliphatic heterocycles. The van der Waals surface area contributed by atoms with Gasteiger partial charge < -0.3 is 4.74 Å². The molecule has 0 fully saturated rings. The van der Waals surface area contributed by atoms with E-state index in [0.29, 0.717) is 17.7 Å². The van der Waals surface area contributed by atoms with Gasteiger partial charge in [-0.25, -0.2) is 4.98 Å². The first-order valence-electron chi connectivity index (χ1n) is 4.67. The highest BCUT2D eigenvalue weighted by atomic mass is 35.5. The molecule has 0 bridgehead atoms. The van der Waals surface area contributed by atoms with Gasteiger partial charge in [0.15, 0.2) is 0 Å². The van der Waals surface area contributed by atoms with E-state index in [9.17, 15) is 0 Å². The Balaban J connectivity index is 2.59. The Morgan fingerprint density at radius 2 is 2.00 bits per heavy atom. The topological polar surface area (TPSA) is 35.0 Å². The van der Waals surface area contributed by atoms with Crippen molar-refractivity contribution in [2.75, 3.05) is 0 Å². The SMILES string of the molecule is CC(C)C(C)Oc1cnc(CCl)cn1. The van der Waals surface area contributed by atoms with Gasteiger partial charge in [0, 0.05) is 0 Å². The lowest BCUT2D eigenvalue weighted by Crippen LogP contribution is -2.19. The second kappa shape index (κ2) is 5.15. The van der Waals surface area contributed by atoms with E-state index in [2.05, 4.69) is 23.8 Å². The number of aromatic nitrogens is 2. The predicted molar refractivity (Wildman–Crippen MR) is 56.5 cm³/mol. The highest BCUT2D eigenvalue weighted by Crippen LogP contribution is 2.12. The molecule has 1 unspecified atom stereocenters. The van der Waals surface area contributed by atoms with Gasteiger partial charge in [0.05, 0.1) is 30.1 Å². The number of halogens is 1. The average Bonchev–Trinajstić information content (AvgIpc) is 2.19. The van der Waals surface area contributed by atoms with E-state index in [0.717, 1.165) is 5.69 Å². The van der Waals surface area contributed by atoms with Crippen LogP contribution in [0, 0.1) is 5.92 Å². The highest BCUT2D eigenvalue weighted by molar-refractivity contribution is 6.16. The molecule has 1 aromatic heterocycles. The molecule has 1 aromatic rings. The number of alkyl halides is 1. The zero-order valence-electron chi connectivity index (χ0n) is 8.70. The molecule has 0 aliphatic rings. The first kappa shape index (κ1) is 11.2. The van der Waals surface area contributed by atoms with Crippen LogP contribution in [0.5, 0.6) is 5.88 Å². The highest BCUT2D eigenvalue weighted by Gasteiger charge is 2.09. The maximum atomic E-state index is 5.59. The van der Waals surface area contributed by atoms with Crippen LogP contribution in [-0.2, 0) is 5.88 Å². The fourth-order valence-electron chi connectivity index (χ4n) is 0.799. The van der Waals surface area contributed by atoms with Crippen LogP contribution in [0.4, 0.5) is 0 Å². The lowest BCUT2D eigenvalue weighted by Gasteiger charge is -2.16. The van der Waals surface area contributed by atoms with Crippen molar-refractivity contribution < 1.29 is 4.74 Å². The van der Waals surface area contributed by atoms with E-state index in [1.165, 1.54) is 0 Å². The molecule has 4 heteroatoms. The smallest absolute Gasteiger partial charge is 0.232 e. The number of hydrogen-bond acceptors (Lipinski definition) is 3. The van der Waals surface area contributed by atoms with E-state index >= 15 is 0 Å². The van der Waals surface area contributed by atoms with Gasteiger partial charge in [-0.05, 0) is 12.8 Å². The first-order valence-corrected chi connectivity index (χ1v) is 5.20. The van der Waals surface area contributed by atoms with Gasteiger partial charge in [0.1, 0.15) is 0 Å². The molecule has 1 heterocycles. The molecular formula is C10H15ClN2O. The van der Waals surface area contributed by atoms with Crippen LogP contribution in [0.1, 0.15) is 26.5 Å². The molecule has 1 rings (SSSR count). The second-order valence-corrected chi connectivity index (χ2v) is 3.81. The monoisotopic (exact) mass is 214 g/mol. The van der Waals surface area contributed by atoms with Crippen LogP contribution in [0.2, 0.25) is 0 Å². The zero-order valence-corrected chi connectivity index (χ0v) is 9.45. The largest absolute Gasteiger partial charge is 0.473 e. The quantitative estimate of drug-likeness (QED) is 0.723. The summed E-state index contributed by atoms with van der Waals surface area (Å²) in [5.41, 5.74) is 0.760. The van der Waals surface area contributed by atoms with Crippen molar-refractivity contribution in [3.63, 3.8) is 0 Å². The number of hydrogen-bond donors (Lipinski definition) is 0. The van der Waals surface area contributed by atoms with Crippen molar-refractivity contribution in [3.05, 3.63) is 18.1 Å². The summed E-state index contributed by atoms with van der Waals surface area (Å²) in [5, 5.41) is 0. The summed E-state index contributed by atoms with van der Waals surface area (Å²) >= 11 is 5.59. The molecule has 0 aromatic carbocycles. The summed E-state index contributed by atoms with van der Waals surface area (Å²) in [7, 11) is 0. The van der Waals surface area contributed by atoms with Crippen LogP contribution in [0.3, 0.4) is 0 Å². The van der Waals surface area contributed by atoms with Gasteiger partial charge >= 0.3 is 0 Å². The zero-order chi connectivity index (χ0) is 10.6. The van der Waals surface area contributed by atoms with Crippen LogP contribution < -0.4 is 4.74 Å². The minimum atomic E-state index is 0.145. The standard InChI is InChI=1S/C10H15ClN2O/c1-7(2)8(3)14-10-6-12-9(4-11)5-13-10/h5-8H,4H2,1-3H3. The number of rotatable bonds is 4. The molecular weight excluding hydrogens is 200 g/mol. The Labute approximate surface area is 89.5 Å². The third kappa shape index (κ3) is 3.14. The molecule has 1 atom stereocenters. The van der Waals surface area contributed by atoms with Crippen molar-refractivity contribution in [2.45, 2.75) is 32.8 Å². The van der Waals surface area contributed by atoms with Crippen LogP contribution in [-0.4, -0.2) is 16.1 Å². The molecule has 14 heavy (non-hydrogen) atoms. The molecule has 0 aliphatic carbocycles. The van der Waals surface area contributed by atoms with Crippen molar-refractivity contribution in [2.24, 2.45) is 5.92 Å². The van der Waals surface area contributed by atoms with Gasteiger partial charge in [0.2, 0.25) is 5.88 Å². The molecule has 0 radical (unpaired) electrons. The van der Waals surface area contributed by atoms with E-state index in [1.54, 1.807) is 12.4 Å². The minimum absolute atomic E-state index is 0.145. The fourth-order valence-corrected chi connectivity index (χ4v) is 0.937. The third-order valence-corrected chi connectivity index (χ3v) is 2.34. The second-order valence-electron chi connectivity index (χ2n) is 3.55. The molecule has 0 saturated heterocycles. The fraction of sp³-hybridized carbons (Fsp3) is 0.600. The Bertz CT molecular complexity index is 274. The summed E-state index contributed by atoms with van der Waals surface area (Å²) in [6.45, 7) is 6.22. The van der Waals surface area contributed by atoms with Gasteiger partial charge in [-0.1, -0.05) is 13.8 Å². The van der Waals surface area contributed by atoms with Gasteiger partial charge in [-0.3, -0.25) is 4.98 Å². The number of nitrogens with zero attached hydrogens (tertiary/aromatic N) is 2. The van der Waals surface area contributed by atoms with E-state index in [-0.39, 0.29) is 6.10 Å². The van der Waals surface area contributed by atoms with E-state index < -0.39 is 0 Å². The van der Waals surface area contributed by atoms with Gasteiger partial charge in [0.25, 0.3) is 0 Å². The summed E-state index contributed by atoms with van der Waals surface area (Å²) < 4.78 is 5.56. The molecule has 0 saturated carbocycles. The number of ether oxygens (including phenoxy) is 1. The van der Waals surface area contributed by atoms with Crippen LogP contribution in [0.25, 0.3) is 0 Å². The normalized spacial score (nSPS) is 12.9. The molecule has 3 nitrogen and oxygen atoms in total. The summed E-state index contributed by atoms with van der Waals surface area (Å²) in [4.78, 5) is 8.19. The maximum absolute atomic E-state index is 5.59. The van der Waals surface area contributed by atoms with Gasteiger partial charge in [-0.15, -0.1) is 11.6 Å². The Morgan fingerprint density at radius 1 is 1.29 bits per heavy atom. The van der Waals surface area contributed by atoms with Crippen molar-refractivity contribution >= 4 is 11.6 Å². The molecule has 0 amide bonds. The van der Waals surface area contributed by atoms with Crippen molar-refractivity contribution in [1.29, 1.82) is 0 Å². The van der Waals surface area contributed by atoms with Crippen LogP contribution in [0.15, 0.2) is 12.4 Å². The van der Waals surface area contributed by atoms with E-state index in [1.807, 2.05) is 6.92 Å². The van der Waals surface area contributed by atoms with Crippen molar-refractivity contribution in [1.82, 2.24) is 9.97 Å². The average molecular weight is 215 g/mol.